The van der Waals surface area contributed by atoms with Crippen LogP contribution in [0.25, 0.3) is 0 Å². The average molecular weight is 476 g/mol. The number of hydrogen-bond acceptors (Lipinski definition) is 8. The Morgan fingerprint density at radius 2 is 2.06 bits per heavy atom. The van der Waals surface area contributed by atoms with E-state index in [1.165, 1.54) is 0 Å². The maximum atomic E-state index is 13.2. The van der Waals surface area contributed by atoms with Gasteiger partial charge in [-0.3, -0.25) is 9.69 Å². The van der Waals surface area contributed by atoms with Crippen LogP contribution < -0.4 is 10.1 Å². The first-order valence-electron chi connectivity index (χ1n) is 11.9. The molecular weight excluding hydrogens is 438 g/mol. The molecular formula is C23H37N7O4. The molecule has 0 spiro atoms. The summed E-state index contributed by atoms with van der Waals surface area (Å²) < 4.78 is 8.77. The minimum atomic E-state index is -1.03. The van der Waals surface area contributed by atoms with Gasteiger partial charge in [0.1, 0.15) is 6.23 Å². The second kappa shape index (κ2) is 9.27. The van der Waals surface area contributed by atoms with Crippen molar-refractivity contribution in [2.24, 2.45) is 12.5 Å². The Morgan fingerprint density at radius 3 is 2.68 bits per heavy atom. The number of aryl methyl sites for hydroxylation is 2. The number of nitrogens with one attached hydrogen (secondary N) is 1. The maximum Gasteiger partial charge on any atom is 0.237 e. The van der Waals surface area contributed by atoms with Crippen molar-refractivity contribution in [2.75, 3.05) is 13.7 Å². The standard InChI is InChI=1S/C23H37N7O4/c1-13-16(22(34-6)28(5)26-13)10-24-20(32)18-9-15(31)11-29(18)21(33)19(23(2,3)4)30-12-17(25-27-30)14-7-8-14/h12,14-15,18-19,21,31,33H,7-11H2,1-6H3,(H,24,32)/t15-,18+,19-,21?/m1/s1. The van der Waals surface area contributed by atoms with Gasteiger partial charge < -0.3 is 20.3 Å². The fourth-order valence-electron chi connectivity index (χ4n) is 4.98. The Hall–Kier alpha value is -2.50. The van der Waals surface area contributed by atoms with Gasteiger partial charge in [0.05, 0.1) is 48.8 Å². The molecule has 1 saturated heterocycles. The zero-order valence-electron chi connectivity index (χ0n) is 20.9. The van der Waals surface area contributed by atoms with Crippen molar-refractivity contribution < 1.29 is 19.7 Å². The van der Waals surface area contributed by atoms with Gasteiger partial charge in [0.25, 0.3) is 0 Å². The number of hydrogen-bond donors (Lipinski definition) is 3. The summed E-state index contributed by atoms with van der Waals surface area (Å²) in [4.78, 5) is 14.9. The van der Waals surface area contributed by atoms with Crippen molar-refractivity contribution in [3.05, 3.63) is 23.1 Å². The van der Waals surface area contributed by atoms with E-state index in [0.29, 0.717) is 11.8 Å². The number of nitrogens with zero attached hydrogens (tertiary/aromatic N) is 6. The van der Waals surface area contributed by atoms with E-state index in [0.717, 1.165) is 29.8 Å². The molecule has 3 heterocycles. The zero-order chi connectivity index (χ0) is 24.8. The molecule has 2 aromatic heterocycles. The molecule has 4 atom stereocenters. The molecule has 2 aliphatic rings. The van der Waals surface area contributed by atoms with Crippen LogP contribution in [0.3, 0.4) is 0 Å². The van der Waals surface area contributed by atoms with Crippen LogP contribution in [0.15, 0.2) is 6.20 Å². The van der Waals surface area contributed by atoms with Crippen LogP contribution in [0.5, 0.6) is 5.88 Å². The van der Waals surface area contributed by atoms with Crippen molar-refractivity contribution >= 4 is 5.91 Å². The van der Waals surface area contributed by atoms with E-state index in [1.807, 2.05) is 33.9 Å². The number of aliphatic hydroxyl groups excluding tert-OH is 2. The average Bonchev–Trinajstić information content (AvgIpc) is 3.25. The van der Waals surface area contributed by atoms with Crippen molar-refractivity contribution in [1.82, 2.24) is 35.0 Å². The minimum Gasteiger partial charge on any atom is -0.481 e. The zero-order valence-corrected chi connectivity index (χ0v) is 20.9. The van der Waals surface area contributed by atoms with Gasteiger partial charge in [-0.2, -0.15) is 5.10 Å². The van der Waals surface area contributed by atoms with Crippen LogP contribution >= 0.6 is 0 Å². The minimum absolute atomic E-state index is 0.200. The number of likely N-dealkylation sites (tertiary alicyclic amines) is 1. The molecule has 1 aliphatic heterocycles. The molecule has 0 radical (unpaired) electrons. The number of amides is 1. The molecule has 2 aromatic rings. The van der Waals surface area contributed by atoms with Crippen molar-refractivity contribution in [3.8, 4) is 5.88 Å². The van der Waals surface area contributed by atoms with E-state index in [1.54, 1.807) is 28.4 Å². The van der Waals surface area contributed by atoms with Crippen molar-refractivity contribution in [3.63, 3.8) is 0 Å². The third-order valence-electron chi connectivity index (χ3n) is 6.86. The molecule has 3 N–H and O–H groups in total. The number of aromatic nitrogens is 5. The van der Waals surface area contributed by atoms with Crippen LogP contribution in [-0.2, 0) is 18.4 Å². The lowest BCUT2D eigenvalue weighted by Gasteiger charge is -2.40. The first kappa shape index (κ1) is 24.6. The highest BCUT2D eigenvalue weighted by molar-refractivity contribution is 5.82. The van der Waals surface area contributed by atoms with E-state index in [4.69, 9.17) is 4.74 Å². The second-order valence-electron chi connectivity index (χ2n) is 10.6. The second-order valence-corrected chi connectivity index (χ2v) is 10.6. The van der Waals surface area contributed by atoms with E-state index in [2.05, 4.69) is 20.7 Å². The van der Waals surface area contributed by atoms with Gasteiger partial charge in [0.2, 0.25) is 11.8 Å². The first-order chi connectivity index (χ1) is 16.0. The van der Waals surface area contributed by atoms with Gasteiger partial charge in [-0.1, -0.05) is 26.0 Å². The summed E-state index contributed by atoms with van der Waals surface area (Å²) >= 11 is 0. The predicted molar refractivity (Wildman–Crippen MR) is 124 cm³/mol. The number of β-amino-alcohol motifs (C(OH)–C–C–N with tert-alkyl or cyclic N) is 1. The fraction of sp³-hybridized carbons (Fsp3) is 0.739. The largest absolute Gasteiger partial charge is 0.481 e. The van der Waals surface area contributed by atoms with Gasteiger partial charge in [-0.15, -0.1) is 5.10 Å². The van der Waals surface area contributed by atoms with Gasteiger partial charge in [-0.25, -0.2) is 9.36 Å². The third kappa shape index (κ3) is 4.82. The fourth-order valence-corrected chi connectivity index (χ4v) is 4.98. The summed E-state index contributed by atoms with van der Waals surface area (Å²) in [6, 6.07) is -1.13. The number of carbonyl (C=O) groups is 1. The summed E-state index contributed by atoms with van der Waals surface area (Å²) in [5, 5.41) is 37.9. The number of aliphatic hydroxyl groups is 2. The van der Waals surface area contributed by atoms with Crippen LogP contribution in [0.4, 0.5) is 0 Å². The lowest BCUT2D eigenvalue weighted by atomic mass is 9.85. The van der Waals surface area contributed by atoms with Crippen molar-refractivity contribution in [2.45, 2.75) is 83.8 Å². The van der Waals surface area contributed by atoms with Gasteiger partial charge >= 0.3 is 0 Å². The van der Waals surface area contributed by atoms with Gasteiger partial charge in [0.15, 0.2) is 0 Å². The summed E-state index contributed by atoms with van der Waals surface area (Å²) in [7, 11) is 3.35. The van der Waals surface area contributed by atoms with Crippen LogP contribution in [0.1, 0.15) is 68.9 Å². The lowest BCUT2D eigenvalue weighted by molar-refractivity contribution is -0.134. The molecule has 2 fully saturated rings. The first-order valence-corrected chi connectivity index (χ1v) is 11.9. The summed E-state index contributed by atoms with van der Waals surface area (Å²) in [6.07, 6.45) is 2.64. The van der Waals surface area contributed by atoms with Gasteiger partial charge in [-0.05, 0) is 31.6 Å². The monoisotopic (exact) mass is 475 g/mol. The topological polar surface area (TPSA) is 131 Å². The number of rotatable bonds is 8. The van der Waals surface area contributed by atoms with E-state index >= 15 is 0 Å². The number of ether oxygens (including phenoxy) is 1. The quantitative estimate of drug-likeness (QED) is 0.513. The molecule has 1 amide bonds. The molecule has 34 heavy (non-hydrogen) atoms. The molecule has 1 aliphatic carbocycles. The van der Waals surface area contributed by atoms with Gasteiger partial charge in [0, 0.05) is 25.7 Å². The Labute approximate surface area is 200 Å². The number of carbonyl (C=O) groups excluding carboxylic acids is 1. The molecule has 11 heteroatoms. The van der Waals surface area contributed by atoms with Crippen molar-refractivity contribution in [1.29, 1.82) is 0 Å². The summed E-state index contributed by atoms with van der Waals surface area (Å²) in [6.45, 7) is 8.39. The van der Waals surface area contributed by atoms with Crippen LogP contribution in [0, 0.1) is 12.3 Å². The van der Waals surface area contributed by atoms with Crippen LogP contribution in [0.2, 0.25) is 0 Å². The molecule has 1 unspecified atom stereocenters. The molecule has 4 rings (SSSR count). The lowest BCUT2D eigenvalue weighted by Crippen LogP contribution is -2.52. The Balaban J connectivity index is 1.52. The highest BCUT2D eigenvalue weighted by Crippen LogP contribution is 2.41. The Bertz CT molecular complexity index is 1020. The Kier molecular flexibility index (Phi) is 6.71. The highest BCUT2D eigenvalue weighted by atomic mass is 16.5. The third-order valence-corrected chi connectivity index (χ3v) is 6.86. The normalized spacial score (nSPS) is 23.2. The van der Waals surface area contributed by atoms with E-state index in [-0.39, 0.29) is 30.8 Å². The SMILES string of the molecule is COc1c(CNC(=O)[C@@H]2C[C@@H](O)CN2C(O)[C@@H](n2cc(C3CC3)nn2)C(C)(C)C)c(C)nn1C. The van der Waals surface area contributed by atoms with E-state index < -0.39 is 24.4 Å². The summed E-state index contributed by atoms with van der Waals surface area (Å²) in [5.41, 5.74) is 2.14. The van der Waals surface area contributed by atoms with E-state index in [9.17, 15) is 15.0 Å². The Morgan fingerprint density at radius 1 is 1.35 bits per heavy atom. The summed E-state index contributed by atoms with van der Waals surface area (Å²) in [5.74, 6) is 0.781. The number of methoxy groups -OCH3 is 1. The molecule has 0 bridgehead atoms. The predicted octanol–water partition coefficient (Wildman–Crippen LogP) is 0.863. The van der Waals surface area contributed by atoms with Crippen LogP contribution in [-0.4, -0.2) is 77.8 Å². The molecule has 0 aromatic carbocycles. The maximum absolute atomic E-state index is 13.2. The smallest absolute Gasteiger partial charge is 0.237 e. The molecule has 188 valence electrons. The molecule has 1 saturated carbocycles. The molecule has 11 nitrogen and oxygen atoms in total. The highest BCUT2D eigenvalue weighted by Gasteiger charge is 2.46.